The van der Waals surface area contributed by atoms with Crippen molar-refractivity contribution in [2.24, 2.45) is 10.8 Å². The number of carbonyl (C=O) groups is 3. The van der Waals surface area contributed by atoms with Gasteiger partial charge in [-0.05, 0) is 33.6 Å². The van der Waals surface area contributed by atoms with E-state index in [4.69, 9.17) is 0 Å². The van der Waals surface area contributed by atoms with Gasteiger partial charge in [0.1, 0.15) is 5.78 Å². The van der Waals surface area contributed by atoms with Gasteiger partial charge in [-0.3, -0.25) is 14.4 Å². The highest BCUT2D eigenvalue weighted by molar-refractivity contribution is 5.93. The standard InChI is InChI=1S/C24H46N2O3/c1-22(2,3)19(27)15-13-11-10-12-14-16-25-20(28)17-18(26-24(7,8)9)21(29)23(4,5)6/h18,26H,10-17H2,1-9H3,(H,25,28). The largest absolute Gasteiger partial charge is 0.356 e. The summed E-state index contributed by atoms with van der Waals surface area (Å²) in [4.78, 5) is 36.9. The van der Waals surface area contributed by atoms with Gasteiger partial charge in [-0.25, -0.2) is 0 Å². The highest BCUT2D eigenvalue weighted by Crippen LogP contribution is 2.20. The zero-order chi connectivity index (χ0) is 22.9. The van der Waals surface area contributed by atoms with Gasteiger partial charge in [0.2, 0.25) is 5.91 Å². The van der Waals surface area contributed by atoms with E-state index in [2.05, 4.69) is 10.6 Å². The Hall–Kier alpha value is -1.23. The number of unbranched alkanes of at least 4 members (excludes halogenated alkanes) is 4. The molecule has 0 rings (SSSR count). The third-order valence-corrected chi connectivity index (χ3v) is 4.79. The minimum Gasteiger partial charge on any atom is -0.356 e. The van der Waals surface area contributed by atoms with Gasteiger partial charge < -0.3 is 10.6 Å². The second-order valence-electron chi connectivity index (χ2n) is 11.3. The van der Waals surface area contributed by atoms with Crippen molar-refractivity contribution in [3.05, 3.63) is 0 Å². The maximum absolute atomic E-state index is 12.7. The summed E-state index contributed by atoms with van der Waals surface area (Å²) in [5, 5.41) is 6.25. The summed E-state index contributed by atoms with van der Waals surface area (Å²) in [5.74, 6) is 0.306. The fourth-order valence-electron chi connectivity index (χ4n) is 3.06. The number of nitrogens with one attached hydrogen (secondary N) is 2. The second-order valence-corrected chi connectivity index (χ2v) is 11.3. The van der Waals surface area contributed by atoms with E-state index in [1.807, 2.05) is 62.3 Å². The fraction of sp³-hybridized carbons (Fsp3) is 0.875. The Morgan fingerprint density at radius 3 is 1.72 bits per heavy atom. The molecule has 0 aromatic rings. The quantitative estimate of drug-likeness (QED) is 0.452. The average Bonchev–Trinajstić information content (AvgIpc) is 2.52. The molecule has 0 bridgehead atoms. The van der Waals surface area contributed by atoms with Crippen molar-refractivity contribution < 1.29 is 14.4 Å². The summed E-state index contributed by atoms with van der Waals surface area (Å²) in [6, 6.07) is -0.477. The van der Waals surface area contributed by atoms with Crippen LogP contribution in [0.2, 0.25) is 0 Å². The lowest BCUT2D eigenvalue weighted by Crippen LogP contribution is -2.52. The van der Waals surface area contributed by atoms with Crippen LogP contribution in [0.5, 0.6) is 0 Å². The van der Waals surface area contributed by atoms with Gasteiger partial charge in [0.25, 0.3) is 0 Å². The maximum Gasteiger partial charge on any atom is 0.222 e. The molecule has 0 aliphatic rings. The van der Waals surface area contributed by atoms with Crippen LogP contribution >= 0.6 is 0 Å². The van der Waals surface area contributed by atoms with Crippen LogP contribution in [0.25, 0.3) is 0 Å². The lowest BCUT2D eigenvalue weighted by atomic mass is 9.84. The summed E-state index contributed by atoms with van der Waals surface area (Å²) in [6.45, 7) is 18.2. The number of Topliss-reactive ketones (excluding diaryl/α,β-unsaturated/α-hetero) is 2. The molecule has 170 valence electrons. The first kappa shape index (κ1) is 27.8. The van der Waals surface area contributed by atoms with Crippen molar-refractivity contribution in [3.8, 4) is 0 Å². The van der Waals surface area contributed by atoms with Crippen LogP contribution in [0, 0.1) is 10.8 Å². The van der Waals surface area contributed by atoms with Crippen molar-refractivity contribution in [1.29, 1.82) is 0 Å². The van der Waals surface area contributed by atoms with Gasteiger partial charge in [-0.1, -0.05) is 60.8 Å². The Morgan fingerprint density at radius 2 is 1.24 bits per heavy atom. The van der Waals surface area contributed by atoms with Gasteiger partial charge in [0.05, 0.1) is 6.04 Å². The maximum atomic E-state index is 12.7. The fourth-order valence-corrected chi connectivity index (χ4v) is 3.06. The van der Waals surface area contributed by atoms with Crippen LogP contribution in [0.15, 0.2) is 0 Å². The molecule has 0 saturated heterocycles. The number of amides is 1. The van der Waals surface area contributed by atoms with Gasteiger partial charge >= 0.3 is 0 Å². The van der Waals surface area contributed by atoms with E-state index in [1.54, 1.807) is 0 Å². The topological polar surface area (TPSA) is 75.3 Å². The van der Waals surface area contributed by atoms with E-state index in [9.17, 15) is 14.4 Å². The van der Waals surface area contributed by atoms with E-state index < -0.39 is 11.5 Å². The van der Waals surface area contributed by atoms with Gasteiger partial charge in [-0.15, -0.1) is 0 Å². The summed E-state index contributed by atoms with van der Waals surface area (Å²) >= 11 is 0. The molecular weight excluding hydrogens is 364 g/mol. The predicted octanol–water partition coefficient (Wildman–Crippen LogP) is 4.82. The predicted molar refractivity (Wildman–Crippen MR) is 121 cm³/mol. The Bertz CT molecular complexity index is 534. The third kappa shape index (κ3) is 13.6. The Balaban J connectivity index is 4.17. The van der Waals surface area contributed by atoms with Gasteiger partial charge in [-0.2, -0.15) is 0 Å². The molecule has 5 heteroatoms. The Morgan fingerprint density at radius 1 is 0.724 bits per heavy atom. The van der Waals surface area contributed by atoms with Crippen LogP contribution in [-0.2, 0) is 14.4 Å². The van der Waals surface area contributed by atoms with Crippen LogP contribution in [0.3, 0.4) is 0 Å². The highest BCUT2D eigenvalue weighted by Gasteiger charge is 2.33. The van der Waals surface area contributed by atoms with Crippen LogP contribution < -0.4 is 10.6 Å². The molecule has 0 heterocycles. The molecule has 5 nitrogen and oxygen atoms in total. The molecule has 2 N–H and O–H groups in total. The van der Waals surface area contributed by atoms with E-state index >= 15 is 0 Å². The van der Waals surface area contributed by atoms with Crippen LogP contribution in [-0.4, -0.2) is 35.6 Å². The molecule has 1 amide bonds. The molecule has 0 spiro atoms. The summed E-state index contributed by atoms with van der Waals surface area (Å²) in [5.41, 5.74) is -0.962. The van der Waals surface area contributed by atoms with Crippen molar-refractivity contribution in [2.45, 2.75) is 119 Å². The summed E-state index contributed by atoms with van der Waals surface area (Å²) in [7, 11) is 0. The first-order chi connectivity index (χ1) is 13.0. The molecule has 0 aliphatic carbocycles. The van der Waals surface area contributed by atoms with E-state index in [-0.39, 0.29) is 29.1 Å². The number of rotatable bonds is 12. The van der Waals surface area contributed by atoms with Gasteiger partial charge in [0.15, 0.2) is 5.78 Å². The molecule has 0 aliphatic heterocycles. The van der Waals surface area contributed by atoms with Crippen molar-refractivity contribution in [1.82, 2.24) is 10.6 Å². The first-order valence-corrected chi connectivity index (χ1v) is 11.2. The van der Waals surface area contributed by atoms with Crippen molar-refractivity contribution >= 4 is 17.5 Å². The molecule has 1 atom stereocenters. The lowest BCUT2D eigenvalue weighted by Gasteiger charge is -2.31. The molecule has 0 aromatic heterocycles. The first-order valence-electron chi connectivity index (χ1n) is 11.2. The van der Waals surface area contributed by atoms with Crippen molar-refractivity contribution in [3.63, 3.8) is 0 Å². The Kier molecular flexibility index (Phi) is 11.3. The zero-order valence-corrected chi connectivity index (χ0v) is 20.5. The summed E-state index contributed by atoms with van der Waals surface area (Å²) < 4.78 is 0. The van der Waals surface area contributed by atoms with Crippen LogP contribution in [0.1, 0.15) is 107 Å². The summed E-state index contributed by atoms with van der Waals surface area (Å²) in [6.07, 6.45) is 5.85. The average molecular weight is 411 g/mol. The van der Waals surface area contributed by atoms with Crippen molar-refractivity contribution in [2.75, 3.05) is 6.54 Å². The molecule has 29 heavy (non-hydrogen) atoms. The lowest BCUT2D eigenvalue weighted by molar-refractivity contribution is -0.132. The second kappa shape index (κ2) is 11.8. The molecule has 0 saturated carbocycles. The highest BCUT2D eigenvalue weighted by atomic mass is 16.2. The monoisotopic (exact) mass is 410 g/mol. The molecule has 0 radical (unpaired) electrons. The van der Waals surface area contributed by atoms with Crippen LogP contribution in [0.4, 0.5) is 0 Å². The normalized spacial score (nSPS) is 13.8. The number of hydrogen-bond acceptors (Lipinski definition) is 4. The number of carbonyl (C=O) groups excluding carboxylic acids is 3. The smallest absolute Gasteiger partial charge is 0.222 e. The van der Waals surface area contributed by atoms with Gasteiger partial charge in [0, 0.05) is 35.8 Å². The SMILES string of the molecule is CC(C)(C)NC(CC(=O)NCCCCCCCC(=O)C(C)(C)C)C(=O)C(C)(C)C. The molecule has 1 unspecified atom stereocenters. The molecular formula is C24H46N2O3. The minimum absolute atomic E-state index is 0.0624. The third-order valence-electron chi connectivity index (χ3n) is 4.79. The number of hydrogen-bond donors (Lipinski definition) is 2. The minimum atomic E-state index is -0.489. The Labute approximate surface area is 179 Å². The zero-order valence-electron chi connectivity index (χ0n) is 20.5. The molecule has 0 fully saturated rings. The number of ketones is 2. The molecule has 0 aromatic carbocycles. The van der Waals surface area contributed by atoms with E-state index in [0.717, 1.165) is 32.1 Å². The van der Waals surface area contributed by atoms with E-state index in [1.165, 1.54) is 0 Å². The van der Waals surface area contributed by atoms with E-state index in [0.29, 0.717) is 18.7 Å².